The highest BCUT2D eigenvalue weighted by Gasteiger charge is 2.25. The third-order valence-corrected chi connectivity index (χ3v) is 4.11. The number of hydrogen-bond donors (Lipinski definition) is 0. The molecule has 5 nitrogen and oxygen atoms in total. The molecule has 0 aromatic heterocycles. The first-order valence-corrected chi connectivity index (χ1v) is 7.95. The number of methoxy groups -OCH3 is 1. The van der Waals surface area contributed by atoms with Crippen LogP contribution in [0.15, 0.2) is 23.1 Å². The first kappa shape index (κ1) is 16.2. The van der Waals surface area contributed by atoms with Crippen molar-refractivity contribution in [3.8, 4) is 0 Å². The number of benzene rings is 1. The van der Waals surface area contributed by atoms with Gasteiger partial charge in [-0.25, -0.2) is 8.42 Å². The van der Waals surface area contributed by atoms with Gasteiger partial charge in [0.15, 0.2) is 0 Å². The Hall–Kier alpha value is -0.820. The summed E-state index contributed by atoms with van der Waals surface area (Å²) in [5, 5.41) is 0.0380. The van der Waals surface area contributed by atoms with Crippen LogP contribution in [-0.2, 0) is 13.8 Å². The summed E-state index contributed by atoms with van der Waals surface area (Å²) in [6, 6.07) is 4.10. The molecular formula is C11H13Cl2NO4S. The average molecular weight is 326 g/mol. The van der Waals surface area contributed by atoms with Gasteiger partial charge in [-0.3, -0.25) is 4.79 Å². The topological polar surface area (TPSA) is 63.7 Å². The van der Waals surface area contributed by atoms with Crippen molar-refractivity contribution in [3.63, 3.8) is 0 Å². The normalized spacial score (nSPS) is 11.4. The lowest BCUT2D eigenvalue weighted by Crippen LogP contribution is -2.31. The van der Waals surface area contributed by atoms with E-state index in [0.717, 1.165) is 0 Å². The van der Waals surface area contributed by atoms with Gasteiger partial charge in [-0.2, -0.15) is 0 Å². The maximum Gasteiger partial charge on any atom is 0.262 e. The van der Waals surface area contributed by atoms with Gasteiger partial charge in [0, 0.05) is 31.4 Å². The van der Waals surface area contributed by atoms with Crippen LogP contribution in [0.25, 0.3) is 0 Å². The zero-order valence-corrected chi connectivity index (χ0v) is 12.7. The highest BCUT2D eigenvalue weighted by molar-refractivity contribution is 8.13. The van der Waals surface area contributed by atoms with Gasteiger partial charge in [0.1, 0.15) is 0 Å². The standard InChI is InChI=1S/C11H13Cl2NO4S/c1-14(6-7-18-2)11(15)10-8(12)4-3-5-9(10)19(13,16)17/h3-5H,6-7H2,1-2H3. The number of hydrogen-bond acceptors (Lipinski definition) is 4. The predicted molar refractivity (Wildman–Crippen MR) is 73.3 cm³/mol. The molecular weight excluding hydrogens is 313 g/mol. The smallest absolute Gasteiger partial charge is 0.262 e. The Bertz CT molecular complexity index is 574. The molecule has 1 rings (SSSR count). The molecule has 0 saturated heterocycles. The quantitative estimate of drug-likeness (QED) is 0.776. The number of likely N-dealkylation sites (N-methyl/N-ethyl adjacent to an activating group) is 1. The second-order valence-electron chi connectivity index (χ2n) is 3.77. The minimum Gasteiger partial charge on any atom is -0.383 e. The molecule has 106 valence electrons. The lowest BCUT2D eigenvalue weighted by Gasteiger charge is -2.18. The second-order valence-corrected chi connectivity index (χ2v) is 6.71. The molecule has 0 spiro atoms. The van der Waals surface area contributed by atoms with E-state index in [1.807, 2.05) is 0 Å². The molecule has 8 heteroatoms. The van der Waals surface area contributed by atoms with Crippen molar-refractivity contribution in [2.45, 2.75) is 4.90 Å². The molecule has 0 bridgehead atoms. The van der Waals surface area contributed by atoms with Crippen molar-refractivity contribution in [1.82, 2.24) is 4.90 Å². The summed E-state index contributed by atoms with van der Waals surface area (Å²) in [4.78, 5) is 13.2. The van der Waals surface area contributed by atoms with Crippen molar-refractivity contribution in [3.05, 3.63) is 28.8 Å². The van der Waals surface area contributed by atoms with Crippen LogP contribution >= 0.6 is 22.3 Å². The van der Waals surface area contributed by atoms with Crippen LogP contribution in [-0.4, -0.2) is 46.5 Å². The third kappa shape index (κ3) is 4.07. The molecule has 0 radical (unpaired) electrons. The first-order chi connectivity index (χ1) is 8.79. The number of amides is 1. The number of halogens is 2. The van der Waals surface area contributed by atoms with E-state index in [1.54, 1.807) is 0 Å². The van der Waals surface area contributed by atoms with E-state index >= 15 is 0 Å². The summed E-state index contributed by atoms with van der Waals surface area (Å²) >= 11 is 5.91. The Morgan fingerprint density at radius 3 is 2.58 bits per heavy atom. The molecule has 0 N–H and O–H groups in total. The zero-order valence-electron chi connectivity index (χ0n) is 10.4. The third-order valence-electron chi connectivity index (χ3n) is 2.43. The Morgan fingerprint density at radius 1 is 1.42 bits per heavy atom. The molecule has 0 aliphatic rings. The molecule has 1 aromatic rings. The Labute approximate surface area is 121 Å². The molecule has 0 fully saturated rings. The van der Waals surface area contributed by atoms with E-state index < -0.39 is 15.0 Å². The van der Waals surface area contributed by atoms with Crippen LogP contribution in [0.2, 0.25) is 5.02 Å². The van der Waals surface area contributed by atoms with Crippen LogP contribution in [0.3, 0.4) is 0 Å². The molecule has 0 saturated carbocycles. The minimum absolute atomic E-state index is 0.0380. The number of carbonyl (C=O) groups excluding carboxylic acids is 1. The fourth-order valence-electron chi connectivity index (χ4n) is 1.44. The number of nitrogens with zero attached hydrogens (tertiary/aromatic N) is 1. The predicted octanol–water partition coefficient (Wildman–Crippen LogP) is 1.99. The Morgan fingerprint density at radius 2 is 2.05 bits per heavy atom. The lowest BCUT2D eigenvalue weighted by atomic mass is 10.2. The molecule has 1 amide bonds. The maximum absolute atomic E-state index is 12.2. The fourth-order valence-corrected chi connectivity index (χ4v) is 2.82. The molecule has 0 aliphatic heterocycles. The van der Waals surface area contributed by atoms with Gasteiger partial charge in [0.25, 0.3) is 15.0 Å². The number of carbonyl (C=O) groups is 1. The molecule has 19 heavy (non-hydrogen) atoms. The molecule has 0 unspecified atom stereocenters. The van der Waals surface area contributed by atoms with Crippen LogP contribution in [0, 0.1) is 0 Å². The van der Waals surface area contributed by atoms with E-state index in [-0.39, 0.29) is 15.5 Å². The summed E-state index contributed by atoms with van der Waals surface area (Å²) in [7, 11) is 4.29. The van der Waals surface area contributed by atoms with Crippen LogP contribution < -0.4 is 0 Å². The first-order valence-electron chi connectivity index (χ1n) is 5.26. The van der Waals surface area contributed by atoms with Gasteiger partial charge in [0.2, 0.25) is 0 Å². The minimum atomic E-state index is -4.05. The SMILES string of the molecule is COCCN(C)C(=O)c1c(Cl)cccc1S(=O)(=O)Cl. The number of rotatable bonds is 5. The van der Waals surface area contributed by atoms with Gasteiger partial charge in [-0.15, -0.1) is 0 Å². The van der Waals surface area contributed by atoms with E-state index in [2.05, 4.69) is 0 Å². The van der Waals surface area contributed by atoms with E-state index in [9.17, 15) is 13.2 Å². The van der Waals surface area contributed by atoms with Gasteiger partial charge in [-0.05, 0) is 12.1 Å². The second kappa shape index (κ2) is 6.56. The van der Waals surface area contributed by atoms with E-state index in [1.165, 1.54) is 37.3 Å². The van der Waals surface area contributed by atoms with E-state index in [4.69, 9.17) is 27.0 Å². The van der Waals surface area contributed by atoms with Crippen molar-refractivity contribution in [1.29, 1.82) is 0 Å². The molecule has 0 aliphatic carbocycles. The summed E-state index contributed by atoms with van der Waals surface area (Å²) in [6.07, 6.45) is 0. The van der Waals surface area contributed by atoms with Crippen LogP contribution in [0.1, 0.15) is 10.4 Å². The number of ether oxygens (including phenoxy) is 1. The van der Waals surface area contributed by atoms with Crippen molar-refractivity contribution >= 4 is 37.2 Å². The van der Waals surface area contributed by atoms with Gasteiger partial charge >= 0.3 is 0 Å². The summed E-state index contributed by atoms with van der Waals surface area (Å²) in [5.41, 5.74) is -0.127. The molecule has 1 aromatic carbocycles. The zero-order chi connectivity index (χ0) is 14.6. The Kier molecular flexibility index (Phi) is 5.61. The van der Waals surface area contributed by atoms with Crippen molar-refractivity contribution in [2.75, 3.05) is 27.3 Å². The Balaban J connectivity index is 3.23. The van der Waals surface area contributed by atoms with Crippen LogP contribution in [0.4, 0.5) is 0 Å². The molecule has 0 atom stereocenters. The highest BCUT2D eigenvalue weighted by atomic mass is 35.7. The summed E-state index contributed by atoms with van der Waals surface area (Å²) in [5.74, 6) is -0.526. The largest absolute Gasteiger partial charge is 0.383 e. The van der Waals surface area contributed by atoms with E-state index in [0.29, 0.717) is 13.2 Å². The lowest BCUT2D eigenvalue weighted by molar-refractivity contribution is 0.0741. The highest BCUT2D eigenvalue weighted by Crippen LogP contribution is 2.27. The van der Waals surface area contributed by atoms with Crippen molar-refractivity contribution < 1.29 is 17.9 Å². The molecule has 0 heterocycles. The van der Waals surface area contributed by atoms with Crippen LogP contribution in [0.5, 0.6) is 0 Å². The van der Waals surface area contributed by atoms with Crippen molar-refractivity contribution in [2.24, 2.45) is 0 Å². The summed E-state index contributed by atoms with van der Waals surface area (Å²) < 4.78 is 27.8. The van der Waals surface area contributed by atoms with Gasteiger partial charge < -0.3 is 9.64 Å². The monoisotopic (exact) mass is 325 g/mol. The fraction of sp³-hybridized carbons (Fsp3) is 0.364. The maximum atomic E-state index is 12.2. The van der Waals surface area contributed by atoms with Gasteiger partial charge in [-0.1, -0.05) is 17.7 Å². The summed E-state index contributed by atoms with van der Waals surface area (Å²) in [6.45, 7) is 0.637. The average Bonchev–Trinajstić information content (AvgIpc) is 2.33. The van der Waals surface area contributed by atoms with Gasteiger partial charge in [0.05, 0.1) is 22.1 Å².